The summed E-state index contributed by atoms with van der Waals surface area (Å²) in [5.41, 5.74) is 7.77. The number of ether oxygens (including phenoxy) is 2. The Bertz CT molecular complexity index is 1240. The van der Waals surface area contributed by atoms with Crippen LogP contribution in [0.3, 0.4) is 0 Å². The van der Waals surface area contributed by atoms with Crippen LogP contribution in [0.1, 0.15) is 24.7 Å². The van der Waals surface area contributed by atoms with Crippen molar-refractivity contribution in [2.24, 2.45) is 5.73 Å². The Hall–Kier alpha value is -3.70. The number of ketones is 1. The Kier molecular flexibility index (Phi) is 6.51. The molecule has 3 aromatic rings. The summed E-state index contributed by atoms with van der Waals surface area (Å²) in [5.74, 6) is 1.17. The lowest BCUT2D eigenvalue weighted by atomic mass is 10.0. The van der Waals surface area contributed by atoms with Crippen molar-refractivity contribution in [3.63, 3.8) is 0 Å². The molecule has 0 saturated carbocycles. The summed E-state index contributed by atoms with van der Waals surface area (Å²) in [6.45, 7) is 5.29. The van der Waals surface area contributed by atoms with Crippen molar-refractivity contribution in [3.8, 4) is 17.4 Å². The first-order valence-corrected chi connectivity index (χ1v) is 11.4. The number of hydrogen-bond acceptors (Lipinski definition) is 9. The van der Waals surface area contributed by atoms with Crippen LogP contribution in [0.4, 0.5) is 4.39 Å². The average molecular weight is 480 g/mol. The molecule has 5 rings (SSSR count). The molecule has 0 spiro atoms. The molecule has 2 aliphatic heterocycles. The van der Waals surface area contributed by atoms with Crippen LogP contribution in [0.25, 0.3) is 17.2 Å². The largest absolute Gasteiger partial charge is 0.471 e. The first kappa shape index (κ1) is 23.1. The van der Waals surface area contributed by atoms with Crippen LogP contribution in [0, 0.1) is 5.82 Å². The highest BCUT2D eigenvalue weighted by atomic mass is 19.1. The van der Waals surface area contributed by atoms with Gasteiger partial charge in [-0.05, 0) is 43.2 Å². The minimum atomic E-state index is -0.382. The third kappa shape index (κ3) is 4.91. The van der Waals surface area contributed by atoms with Crippen molar-refractivity contribution in [2.75, 3.05) is 26.4 Å². The summed E-state index contributed by atoms with van der Waals surface area (Å²) in [7, 11) is 0. The van der Waals surface area contributed by atoms with Gasteiger partial charge in [-0.3, -0.25) is 9.69 Å². The molecular weight excluding hydrogens is 453 g/mol. The molecule has 0 aliphatic carbocycles. The zero-order valence-corrected chi connectivity index (χ0v) is 19.4. The molecule has 0 radical (unpaired) electrons. The van der Waals surface area contributed by atoms with E-state index < -0.39 is 0 Å². The van der Waals surface area contributed by atoms with E-state index in [2.05, 4.69) is 29.6 Å². The Labute approximate surface area is 201 Å². The molecule has 1 aromatic carbocycles. The number of rotatable bonds is 7. The van der Waals surface area contributed by atoms with Gasteiger partial charge in [-0.1, -0.05) is 0 Å². The van der Waals surface area contributed by atoms with Gasteiger partial charge in [-0.15, -0.1) is 10.2 Å². The lowest BCUT2D eigenvalue weighted by molar-refractivity contribution is -0.113. The zero-order chi connectivity index (χ0) is 24.4. The highest BCUT2D eigenvalue weighted by Crippen LogP contribution is 2.24. The number of nitrogens with zero attached hydrogens (tertiary/aromatic N) is 6. The van der Waals surface area contributed by atoms with Gasteiger partial charge >= 0.3 is 0 Å². The highest BCUT2D eigenvalue weighted by molar-refractivity contribution is 6.00. The maximum atomic E-state index is 13.2. The monoisotopic (exact) mass is 479 g/mol. The molecule has 1 atom stereocenters. The molecule has 0 bridgehead atoms. The van der Waals surface area contributed by atoms with E-state index >= 15 is 0 Å². The molecule has 35 heavy (non-hydrogen) atoms. The van der Waals surface area contributed by atoms with Crippen LogP contribution in [0.15, 0.2) is 42.2 Å². The minimum absolute atomic E-state index is 0.0897. The van der Waals surface area contributed by atoms with Gasteiger partial charge in [-0.2, -0.15) is 0 Å². The maximum Gasteiger partial charge on any atom is 0.232 e. The van der Waals surface area contributed by atoms with E-state index in [1.165, 1.54) is 37.4 Å². The van der Waals surface area contributed by atoms with Crippen molar-refractivity contribution < 1.29 is 18.7 Å². The van der Waals surface area contributed by atoms with Crippen LogP contribution < -0.4 is 10.5 Å². The Morgan fingerprint density at radius 3 is 2.71 bits per heavy atom. The number of carbonyl (C=O) groups is 1. The van der Waals surface area contributed by atoms with E-state index in [4.69, 9.17) is 15.2 Å². The molecule has 4 heterocycles. The molecule has 1 unspecified atom stereocenters. The SMILES string of the molecule is CC(=O)/C(COc1cnc(-c2nnc3n2CCN(C2CCOC2)C3)cn1)=C(\N)c1ccc(F)cc1. The first-order valence-electron chi connectivity index (χ1n) is 11.4. The van der Waals surface area contributed by atoms with Gasteiger partial charge in [0.1, 0.15) is 23.9 Å². The second kappa shape index (κ2) is 9.88. The first-order chi connectivity index (χ1) is 17.0. The van der Waals surface area contributed by atoms with Crippen molar-refractivity contribution in [1.82, 2.24) is 29.6 Å². The predicted octanol–water partition coefficient (Wildman–Crippen LogP) is 1.82. The predicted molar refractivity (Wildman–Crippen MR) is 124 cm³/mol. The maximum absolute atomic E-state index is 13.2. The van der Waals surface area contributed by atoms with Gasteiger partial charge < -0.3 is 19.8 Å². The number of aromatic nitrogens is 5. The molecule has 182 valence electrons. The number of benzene rings is 1. The number of nitrogens with two attached hydrogens (primary N) is 1. The van der Waals surface area contributed by atoms with Crippen molar-refractivity contribution in [3.05, 3.63) is 59.4 Å². The van der Waals surface area contributed by atoms with Crippen molar-refractivity contribution in [2.45, 2.75) is 32.5 Å². The Morgan fingerprint density at radius 1 is 1.20 bits per heavy atom. The quantitative estimate of drug-likeness (QED) is 0.506. The molecular formula is C24H26FN7O3. The summed E-state index contributed by atoms with van der Waals surface area (Å²) in [5, 5.41) is 8.70. The molecule has 10 nitrogen and oxygen atoms in total. The summed E-state index contributed by atoms with van der Waals surface area (Å²) in [6.07, 6.45) is 4.10. The van der Waals surface area contributed by atoms with Gasteiger partial charge in [0, 0.05) is 31.4 Å². The molecule has 2 N–H and O–H groups in total. The second-order valence-electron chi connectivity index (χ2n) is 8.56. The fourth-order valence-corrected chi connectivity index (χ4v) is 4.31. The Balaban J connectivity index is 1.27. The van der Waals surface area contributed by atoms with Gasteiger partial charge in [0.25, 0.3) is 0 Å². The number of Topliss-reactive ketones (excluding diaryl/α,β-unsaturated/α-hetero) is 1. The van der Waals surface area contributed by atoms with E-state index in [1.54, 1.807) is 6.20 Å². The average Bonchev–Trinajstić information content (AvgIpc) is 3.55. The fraction of sp³-hybridized carbons (Fsp3) is 0.375. The Morgan fingerprint density at radius 2 is 2.03 bits per heavy atom. The van der Waals surface area contributed by atoms with Crippen LogP contribution in [-0.4, -0.2) is 67.8 Å². The normalized spacial score (nSPS) is 18.7. The van der Waals surface area contributed by atoms with Crippen LogP contribution in [0.5, 0.6) is 5.88 Å². The standard InChI is InChI=1S/C24H26FN7O3/c1-15(33)19(23(26)16-2-4-17(25)5-3-16)14-35-22-11-27-20(10-28-22)24-30-29-21-12-31(7-8-32(21)24)18-6-9-34-13-18/h2-5,10-11,18H,6-9,12-14,26H2,1H3/b23-19-. The van der Waals surface area contributed by atoms with E-state index in [1.807, 2.05) is 0 Å². The third-order valence-corrected chi connectivity index (χ3v) is 6.33. The summed E-state index contributed by atoms with van der Waals surface area (Å²) >= 11 is 0. The van der Waals surface area contributed by atoms with E-state index in [0.717, 1.165) is 45.1 Å². The molecule has 0 amide bonds. The number of fused-ring (bicyclic) bond motifs is 1. The third-order valence-electron chi connectivity index (χ3n) is 6.33. The second-order valence-corrected chi connectivity index (χ2v) is 8.56. The lowest BCUT2D eigenvalue weighted by Gasteiger charge is -2.31. The van der Waals surface area contributed by atoms with Crippen molar-refractivity contribution >= 4 is 11.5 Å². The topological polar surface area (TPSA) is 121 Å². The van der Waals surface area contributed by atoms with Crippen molar-refractivity contribution in [1.29, 1.82) is 0 Å². The number of hydrogen-bond donors (Lipinski definition) is 1. The zero-order valence-electron chi connectivity index (χ0n) is 19.4. The van der Waals surface area contributed by atoms with Gasteiger partial charge in [0.15, 0.2) is 11.6 Å². The van der Waals surface area contributed by atoms with Gasteiger partial charge in [0.2, 0.25) is 5.88 Å². The summed E-state index contributed by atoms with van der Waals surface area (Å²) < 4.78 is 26.5. The number of carbonyl (C=O) groups excluding carboxylic acids is 1. The van der Waals surface area contributed by atoms with Gasteiger partial charge in [0.05, 0.1) is 31.1 Å². The van der Waals surface area contributed by atoms with Crippen LogP contribution in [-0.2, 0) is 22.6 Å². The summed E-state index contributed by atoms with van der Waals surface area (Å²) in [4.78, 5) is 23.3. The lowest BCUT2D eigenvalue weighted by Crippen LogP contribution is -2.41. The molecule has 2 aliphatic rings. The molecule has 2 aromatic heterocycles. The van der Waals surface area contributed by atoms with E-state index in [0.29, 0.717) is 23.1 Å². The fourth-order valence-electron chi connectivity index (χ4n) is 4.31. The molecule has 1 saturated heterocycles. The smallest absolute Gasteiger partial charge is 0.232 e. The highest BCUT2D eigenvalue weighted by Gasteiger charge is 2.29. The summed E-state index contributed by atoms with van der Waals surface area (Å²) in [6, 6.07) is 6.04. The van der Waals surface area contributed by atoms with E-state index in [-0.39, 0.29) is 35.4 Å². The number of halogens is 1. The van der Waals surface area contributed by atoms with Gasteiger partial charge in [-0.25, -0.2) is 14.4 Å². The molecule has 11 heteroatoms. The molecule has 1 fully saturated rings. The van der Waals surface area contributed by atoms with Crippen LogP contribution in [0.2, 0.25) is 0 Å². The van der Waals surface area contributed by atoms with Crippen LogP contribution >= 0.6 is 0 Å². The van der Waals surface area contributed by atoms with E-state index in [9.17, 15) is 9.18 Å². The minimum Gasteiger partial charge on any atom is -0.471 e.